The van der Waals surface area contributed by atoms with Crippen molar-refractivity contribution in [2.75, 3.05) is 7.05 Å². The van der Waals surface area contributed by atoms with Crippen molar-refractivity contribution in [3.8, 4) is 17.6 Å². The maximum absolute atomic E-state index is 13.2. The molecule has 0 amide bonds. The molecule has 0 radical (unpaired) electrons. The maximum Gasteiger partial charge on any atom is 0.145 e. The smallest absolute Gasteiger partial charge is 0.145 e. The van der Waals surface area contributed by atoms with E-state index in [0.29, 0.717) is 29.2 Å². The molecular weight excluding hydrogens is 255 g/mol. The Kier molecular flexibility index (Phi) is 4.34. The van der Waals surface area contributed by atoms with Crippen LogP contribution in [0.3, 0.4) is 0 Å². The predicted octanol–water partition coefficient (Wildman–Crippen LogP) is 3.52. The Morgan fingerprint density at radius 2 is 2.05 bits per heavy atom. The lowest BCUT2D eigenvalue weighted by molar-refractivity contribution is 0.478. The van der Waals surface area contributed by atoms with Crippen LogP contribution in [0.4, 0.5) is 4.39 Å². The van der Waals surface area contributed by atoms with Crippen molar-refractivity contribution >= 4 is 0 Å². The van der Waals surface area contributed by atoms with Crippen LogP contribution in [0, 0.1) is 24.1 Å². The van der Waals surface area contributed by atoms with Crippen molar-refractivity contribution in [2.24, 2.45) is 0 Å². The average Bonchev–Trinajstić information content (AvgIpc) is 2.45. The zero-order valence-electron chi connectivity index (χ0n) is 11.4. The third-order valence-electron chi connectivity index (χ3n) is 2.90. The summed E-state index contributed by atoms with van der Waals surface area (Å²) in [6, 6.07) is 12.0. The molecule has 3 nitrogen and oxygen atoms in total. The second kappa shape index (κ2) is 6.18. The summed E-state index contributed by atoms with van der Waals surface area (Å²) in [5.74, 6) is 0.711. The topological polar surface area (TPSA) is 45.0 Å². The summed E-state index contributed by atoms with van der Waals surface area (Å²) >= 11 is 0. The lowest BCUT2D eigenvalue weighted by Crippen LogP contribution is -2.05. The first-order chi connectivity index (χ1) is 9.63. The Morgan fingerprint density at radius 1 is 1.25 bits per heavy atom. The van der Waals surface area contributed by atoms with Crippen molar-refractivity contribution in [1.29, 1.82) is 5.26 Å². The molecule has 2 aromatic rings. The van der Waals surface area contributed by atoms with Gasteiger partial charge in [-0.2, -0.15) is 5.26 Å². The number of halogens is 1. The quantitative estimate of drug-likeness (QED) is 0.924. The van der Waals surface area contributed by atoms with E-state index >= 15 is 0 Å². The Morgan fingerprint density at radius 3 is 2.70 bits per heavy atom. The highest BCUT2D eigenvalue weighted by molar-refractivity contribution is 5.47. The molecule has 0 atom stereocenters. The fraction of sp³-hybridized carbons (Fsp3) is 0.188. The second-order valence-corrected chi connectivity index (χ2v) is 4.49. The second-order valence-electron chi connectivity index (χ2n) is 4.49. The number of nitriles is 1. The molecule has 4 heteroatoms. The molecule has 0 saturated carbocycles. The van der Waals surface area contributed by atoms with Crippen molar-refractivity contribution in [3.05, 3.63) is 58.9 Å². The largest absolute Gasteiger partial charge is 0.456 e. The van der Waals surface area contributed by atoms with E-state index in [0.717, 1.165) is 5.56 Å². The summed E-state index contributed by atoms with van der Waals surface area (Å²) in [4.78, 5) is 0. The van der Waals surface area contributed by atoms with Crippen molar-refractivity contribution in [2.45, 2.75) is 13.5 Å². The van der Waals surface area contributed by atoms with Gasteiger partial charge in [0.05, 0.1) is 5.56 Å². The van der Waals surface area contributed by atoms with Gasteiger partial charge < -0.3 is 10.1 Å². The van der Waals surface area contributed by atoms with Crippen LogP contribution in [0.2, 0.25) is 0 Å². The average molecular weight is 270 g/mol. The molecule has 0 saturated heterocycles. The molecule has 0 unspecified atom stereocenters. The van der Waals surface area contributed by atoms with Gasteiger partial charge in [0.2, 0.25) is 0 Å². The monoisotopic (exact) mass is 270 g/mol. The Labute approximate surface area is 117 Å². The standard InChI is InChI=1S/C16H15FN2O/c1-11-7-14(4-5-15(11)17)20-16-6-3-12(10-19-2)8-13(16)9-18/h3-8,19H,10H2,1-2H3. The van der Waals surface area contributed by atoms with Crippen LogP contribution in [0.25, 0.3) is 0 Å². The van der Waals surface area contributed by atoms with E-state index in [1.54, 1.807) is 31.2 Å². The van der Waals surface area contributed by atoms with Gasteiger partial charge in [0, 0.05) is 6.54 Å². The van der Waals surface area contributed by atoms with Crippen molar-refractivity contribution < 1.29 is 9.13 Å². The van der Waals surface area contributed by atoms with Crippen LogP contribution < -0.4 is 10.1 Å². The van der Waals surface area contributed by atoms with E-state index in [1.165, 1.54) is 6.07 Å². The maximum atomic E-state index is 13.2. The minimum absolute atomic E-state index is 0.276. The van der Waals surface area contributed by atoms with Crippen molar-refractivity contribution in [3.63, 3.8) is 0 Å². The van der Waals surface area contributed by atoms with Gasteiger partial charge in [-0.1, -0.05) is 6.07 Å². The van der Waals surface area contributed by atoms with Crippen LogP contribution >= 0.6 is 0 Å². The first-order valence-electron chi connectivity index (χ1n) is 6.25. The van der Waals surface area contributed by atoms with E-state index in [-0.39, 0.29) is 5.82 Å². The van der Waals surface area contributed by atoms with E-state index in [9.17, 15) is 9.65 Å². The third kappa shape index (κ3) is 3.14. The third-order valence-corrected chi connectivity index (χ3v) is 2.90. The lowest BCUT2D eigenvalue weighted by Gasteiger charge is -2.10. The van der Waals surface area contributed by atoms with E-state index in [1.807, 2.05) is 13.1 Å². The highest BCUT2D eigenvalue weighted by Crippen LogP contribution is 2.27. The number of hydrogen-bond acceptors (Lipinski definition) is 3. The number of benzene rings is 2. The summed E-state index contributed by atoms with van der Waals surface area (Å²) in [5, 5.41) is 12.2. The SMILES string of the molecule is CNCc1ccc(Oc2ccc(F)c(C)c2)c(C#N)c1. The number of rotatable bonds is 4. The molecule has 0 fully saturated rings. The summed E-state index contributed by atoms with van der Waals surface area (Å²) in [7, 11) is 1.84. The summed E-state index contributed by atoms with van der Waals surface area (Å²) in [6.07, 6.45) is 0. The molecule has 0 aliphatic rings. The fourth-order valence-electron chi connectivity index (χ4n) is 1.88. The molecule has 0 aliphatic carbocycles. The van der Waals surface area contributed by atoms with E-state index in [2.05, 4.69) is 11.4 Å². The van der Waals surface area contributed by atoms with Crippen LogP contribution in [-0.4, -0.2) is 7.05 Å². The van der Waals surface area contributed by atoms with Gasteiger partial charge >= 0.3 is 0 Å². The normalized spacial score (nSPS) is 10.1. The van der Waals surface area contributed by atoms with E-state index < -0.39 is 0 Å². The molecular formula is C16H15FN2O. The molecule has 2 rings (SSSR count). The zero-order valence-corrected chi connectivity index (χ0v) is 11.4. The predicted molar refractivity (Wildman–Crippen MR) is 75.1 cm³/mol. The number of nitrogens with one attached hydrogen (secondary N) is 1. The minimum Gasteiger partial charge on any atom is -0.456 e. The number of hydrogen-bond donors (Lipinski definition) is 1. The molecule has 2 aromatic carbocycles. The summed E-state index contributed by atoms with van der Waals surface area (Å²) in [6.45, 7) is 2.36. The van der Waals surface area contributed by atoms with Gasteiger partial charge in [0.1, 0.15) is 23.4 Å². The number of ether oxygens (including phenoxy) is 1. The minimum atomic E-state index is -0.276. The first kappa shape index (κ1) is 14.0. The van der Waals surface area contributed by atoms with Crippen LogP contribution in [0.5, 0.6) is 11.5 Å². The van der Waals surface area contributed by atoms with Crippen LogP contribution in [0.15, 0.2) is 36.4 Å². The molecule has 20 heavy (non-hydrogen) atoms. The van der Waals surface area contributed by atoms with Gasteiger partial charge in [-0.15, -0.1) is 0 Å². The molecule has 0 spiro atoms. The fourth-order valence-corrected chi connectivity index (χ4v) is 1.88. The molecule has 0 bridgehead atoms. The van der Waals surface area contributed by atoms with Gasteiger partial charge in [-0.3, -0.25) is 0 Å². The Bertz CT molecular complexity index is 662. The van der Waals surface area contributed by atoms with Gasteiger partial charge in [-0.05, 0) is 55.4 Å². The molecule has 1 N–H and O–H groups in total. The zero-order chi connectivity index (χ0) is 14.5. The van der Waals surface area contributed by atoms with Crippen LogP contribution in [0.1, 0.15) is 16.7 Å². The molecule has 102 valence electrons. The molecule has 0 heterocycles. The number of aryl methyl sites for hydroxylation is 1. The van der Waals surface area contributed by atoms with E-state index in [4.69, 9.17) is 4.74 Å². The van der Waals surface area contributed by atoms with Crippen LogP contribution in [-0.2, 0) is 6.54 Å². The van der Waals surface area contributed by atoms with Gasteiger partial charge in [-0.25, -0.2) is 4.39 Å². The number of nitrogens with zero attached hydrogens (tertiary/aromatic N) is 1. The van der Waals surface area contributed by atoms with Gasteiger partial charge in [0.25, 0.3) is 0 Å². The lowest BCUT2D eigenvalue weighted by atomic mass is 10.1. The first-order valence-corrected chi connectivity index (χ1v) is 6.25. The Balaban J connectivity index is 2.28. The Hall–Kier alpha value is -2.38. The highest BCUT2D eigenvalue weighted by atomic mass is 19.1. The summed E-state index contributed by atoms with van der Waals surface area (Å²) in [5.41, 5.74) is 1.97. The van der Waals surface area contributed by atoms with Gasteiger partial charge in [0.15, 0.2) is 0 Å². The molecule has 0 aliphatic heterocycles. The summed E-state index contributed by atoms with van der Waals surface area (Å²) < 4.78 is 18.9. The van der Waals surface area contributed by atoms with Crippen molar-refractivity contribution in [1.82, 2.24) is 5.32 Å². The molecule has 0 aromatic heterocycles. The highest BCUT2D eigenvalue weighted by Gasteiger charge is 2.07.